The maximum absolute atomic E-state index is 13.1. The fourth-order valence-electron chi connectivity index (χ4n) is 4.68. The van der Waals surface area contributed by atoms with Crippen LogP contribution in [0.1, 0.15) is 87.4 Å². The number of aryl methyl sites for hydroxylation is 3. The Morgan fingerprint density at radius 3 is 2.00 bits per heavy atom. The van der Waals surface area contributed by atoms with Crippen LogP contribution in [0.25, 0.3) is 11.4 Å². The highest BCUT2D eigenvalue weighted by atomic mass is 19.4. The van der Waals surface area contributed by atoms with E-state index in [4.69, 9.17) is 0 Å². The second-order valence-electron chi connectivity index (χ2n) is 10.1. The van der Waals surface area contributed by atoms with Gasteiger partial charge in [-0.25, -0.2) is 9.13 Å². The van der Waals surface area contributed by atoms with Gasteiger partial charge in [0, 0.05) is 13.8 Å². The molecular formula is C27H42F3N2+. The molecule has 0 unspecified atom stereocenters. The molecule has 0 atom stereocenters. The van der Waals surface area contributed by atoms with Crippen LogP contribution in [0.3, 0.4) is 0 Å². The van der Waals surface area contributed by atoms with Crippen LogP contribution in [0.2, 0.25) is 0 Å². The van der Waals surface area contributed by atoms with Gasteiger partial charge in [0.25, 0.3) is 5.82 Å². The Morgan fingerprint density at radius 1 is 0.875 bits per heavy atom. The summed E-state index contributed by atoms with van der Waals surface area (Å²) >= 11 is 0. The van der Waals surface area contributed by atoms with Gasteiger partial charge in [0.05, 0.1) is 24.1 Å². The first kappa shape index (κ1) is 26.5. The zero-order chi connectivity index (χ0) is 24.3. The van der Waals surface area contributed by atoms with Gasteiger partial charge in [-0.1, -0.05) is 51.3 Å². The quantitative estimate of drug-likeness (QED) is 0.256. The Balaban J connectivity index is 2.32. The van der Waals surface area contributed by atoms with Crippen molar-refractivity contribution in [2.75, 3.05) is 0 Å². The minimum absolute atomic E-state index is 0.180. The predicted octanol–water partition coefficient (Wildman–Crippen LogP) is 7.93. The molecule has 1 aromatic carbocycles. The topological polar surface area (TPSA) is 8.81 Å². The minimum Gasteiger partial charge on any atom is -0.227 e. The van der Waals surface area contributed by atoms with Crippen LogP contribution in [-0.4, -0.2) is 10.7 Å². The molecule has 0 saturated carbocycles. The fraction of sp³-hybridized carbons (Fsp3) is 0.667. The van der Waals surface area contributed by atoms with Crippen LogP contribution >= 0.6 is 0 Å². The van der Waals surface area contributed by atoms with E-state index in [0.717, 1.165) is 38.8 Å². The third kappa shape index (κ3) is 5.77. The lowest BCUT2D eigenvalue weighted by Gasteiger charge is -2.27. The standard InChI is InChI=1S/C27H42F3N2/c1-9-10-15-31-22(5)23(6)32(16-13-11-12-14-26(7,8)27(28,29)30)25(31)24-20(3)17-19(2)18-21(24)4/h17-18H,9-16H2,1-8H3/q+1. The Bertz CT molecular complexity index is 897. The number of hydrogen-bond donors (Lipinski definition) is 0. The van der Waals surface area contributed by atoms with Crippen molar-refractivity contribution in [1.82, 2.24) is 4.57 Å². The van der Waals surface area contributed by atoms with Crippen LogP contribution in [0.5, 0.6) is 0 Å². The first-order valence-corrected chi connectivity index (χ1v) is 12.1. The highest BCUT2D eigenvalue weighted by molar-refractivity contribution is 5.64. The highest BCUT2D eigenvalue weighted by Crippen LogP contribution is 2.41. The summed E-state index contributed by atoms with van der Waals surface area (Å²) in [6, 6.07) is 4.49. The van der Waals surface area contributed by atoms with Crippen molar-refractivity contribution in [3.63, 3.8) is 0 Å². The van der Waals surface area contributed by atoms with Crippen LogP contribution in [0, 0.1) is 40.0 Å². The normalized spacial score (nSPS) is 12.6. The van der Waals surface area contributed by atoms with Gasteiger partial charge >= 0.3 is 6.18 Å². The molecule has 1 heterocycles. The second kappa shape index (κ2) is 10.4. The summed E-state index contributed by atoms with van der Waals surface area (Å²) in [6.45, 7) is 17.5. The number of halogens is 3. The Hall–Kier alpha value is -1.78. The van der Waals surface area contributed by atoms with Gasteiger partial charge in [-0.05, 0) is 57.6 Å². The molecule has 0 amide bonds. The molecule has 0 N–H and O–H groups in total. The van der Waals surface area contributed by atoms with Crippen molar-refractivity contribution in [3.05, 3.63) is 40.2 Å². The van der Waals surface area contributed by atoms with Crippen LogP contribution < -0.4 is 4.57 Å². The van der Waals surface area contributed by atoms with Crippen molar-refractivity contribution in [1.29, 1.82) is 0 Å². The lowest BCUT2D eigenvalue weighted by molar-refractivity contribution is -0.691. The summed E-state index contributed by atoms with van der Waals surface area (Å²) in [5.41, 5.74) is 6.04. The van der Waals surface area contributed by atoms with E-state index < -0.39 is 11.6 Å². The lowest BCUT2D eigenvalue weighted by Crippen LogP contribution is -2.38. The predicted molar refractivity (Wildman–Crippen MR) is 127 cm³/mol. The van der Waals surface area contributed by atoms with Crippen LogP contribution in [-0.2, 0) is 13.1 Å². The van der Waals surface area contributed by atoms with E-state index in [2.05, 4.69) is 62.8 Å². The minimum atomic E-state index is -4.14. The molecule has 0 aliphatic carbocycles. The van der Waals surface area contributed by atoms with Gasteiger partial charge in [0.2, 0.25) is 0 Å². The van der Waals surface area contributed by atoms with E-state index in [1.807, 2.05) is 0 Å². The van der Waals surface area contributed by atoms with E-state index in [1.54, 1.807) is 0 Å². The van der Waals surface area contributed by atoms with Gasteiger partial charge in [-0.3, -0.25) is 0 Å². The number of hydrogen-bond acceptors (Lipinski definition) is 0. The van der Waals surface area contributed by atoms with Gasteiger partial charge < -0.3 is 0 Å². The van der Waals surface area contributed by atoms with Crippen molar-refractivity contribution >= 4 is 0 Å². The number of nitrogens with zero attached hydrogens (tertiary/aromatic N) is 2. The fourth-order valence-corrected chi connectivity index (χ4v) is 4.68. The third-order valence-corrected chi connectivity index (χ3v) is 6.93. The first-order valence-electron chi connectivity index (χ1n) is 12.1. The average molecular weight is 452 g/mol. The van der Waals surface area contributed by atoms with E-state index in [1.165, 1.54) is 53.3 Å². The number of benzene rings is 1. The molecule has 0 saturated heterocycles. The molecular weight excluding hydrogens is 409 g/mol. The summed E-state index contributed by atoms with van der Waals surface area (Å²) in [4.78, 5) is 0. The van der Waals surface area contributed by atoms with Crippen LogP contribution in [0.15, 0.2) is 12.1 Å². The smallest absolute Gasteiger partial charge is 0.227 e. The molecule has 180 valence electrons. The Morgan fingerprint density at radius 2 is 1.47 bits per heavy atom. The van der Waals surface area contributed by atoms with Crippen molar-refractivity contribution in [2.24, 2.45) is 5.41 Å². The van der Waals surface area contributed by atoms with E-state index in [0.29, 0.717) is 6.42 Å². The summed E-state index contributed by atoms with van der Waals surface area (Å²) in [5.74, 6) is 1.25. The van der Waals surface area contributed by atoms with Gasteiger partial charge in [-0.2, -0.15) is 13.2 Å². The van der Waals surface area contributed by atoms with Crippen molar-refractivity contribution in [2.45, 2.75) is 113 Å². The zero-order valence-electron chi connectivity index (χ0n) is 21.3. The Labute approximate surface area is 192 Å². The largest absolute Gasteiger partial charge is 0.393 e. The summed E-state index contributed by atoms with van der Waals surface area (Å²) in [6.07, 6.45) is 0.582. The Kier molecular flexibility index (Phi) is 8.63. The molecule has 0 aliphatic rings. The molecule has 0 spiro atoms. The van der Waals surface area contributed by atoms with Gasteiger partial charge in [0.1, 0.15) is 11.4 Å². The number of imidazole rings is 1. The van der Waals surface area contributed by atoms with Crippen molar-refractivity contribution < 1.29 is 17.7 Å². The molecule has 32 heavy (non-hydrogen) atoms. The van der Waals surface area contributed by atoms with E-state index in [-0.39, 0.29) is 6.42 Å². The molecule has 2 rings (SSSR count). The molecule has 2 aromatic rings. The SMILES string of the molecule is CCCCn1c(C)c(C)[n+](CCCCCC(C)(C)C(F)(F)F)c1-c1c(C)cc(C)cc1C. The summed E-state index contributed by atoms with van der Waals surface area (Å²) in [7, 11) is 0. The van der Waals surface area contributed by atoms with Crippen LogP contribution in [0.4, 0.5) is 13.2 Å². The molecule has 5 heteroatoms. The van der Waals surface area contributed by atoms with Gasteiger partial charge in [0.15, 0.2) is 0 Å². The number of unbranched alkanes of at least 4 members (excludes halogenated alkanes) is 3. The number of rotatable bonds is 10. The zero-order valence-corrected chi connectivity index (χ0v) is 21.3. The maximum Gasteiger partial charge on any atom is 0.393 e. The first-order chi connectivity index (χ1) is 14.8. The monoisotopic (exact) mass is 451 g/mol. The summed E-state index contributed by atoms with van der Waals surface area (Å²) in [5, 5.41) is 0. The lowest BCUT2D eigenvalue weighted by atomic mass is 9.86. The summed E-state index contributed by atoms with van der Waals surface area (Å²) < 4.78 is 44.3. The molecule has 2 nitrogen and oxygen atoms in total. The molecule has 0 fully saturated rings. The molecule has 0 radical (unpaired) electrons. The molecule has 1 aromatic heterocycles. The number of alkyl halides is 3. The molecule has 0 bridgehead atoms. The van der Waals surface area contributed by atoms with Crippen molar-refractivity contribution in [3.8, 4) is 11.4 Å². The second-order valence-corrected chi connectivity index (χ2v) is 10.1. The average Bonchev–Trinajstić information content (AvgIpc) is 2.89. The van der Waals surface area contributed by atoms with E-state index >= 15 is 0 Å². The highest BCUT2D eigenvalue weighted by Gasteiger charge is 2.46. The third-order valence-electron chi connectivity index (χ3n) is 6.93. The maximum atomic E-state index is 13.1. The van der Waals surface area contributed by atoms with Gasteiger partial charge in [-0.15, -0.1) is 0 Å². The van der Waals surface area contributed by atoms with E-state index in [9.17, 15) is 13.2 Å². The molecule has 0 aliphatic heterocycles. The number of aromatic nitrogens is 2.